The van der Waals surface area contributed by atoms with Crippen LogP contribution < -0.4 is 34.7 Å². The van der Waals surface area contributed by atoms with Gasteiger partial charge in [0, 0.05) is 33.3 Å². The SMILES string of the molecule is BrCc1ccc2ccc(-c3ccccc3)cc2c1.C.C.CC#CC#CC#CC#CC#CC#CC#CC#CC#CC.CC(Cc1ccc2ccc(-c3ccccc3)cc2c1)(C(=O)O)C(=O)O.CC(Cc1ccc2ccc(-c3ccccc3)cc2c1)C(=O)O.CCO.CCOC(=O)C(C)=C([O-])OCC.O=O.[2HH].[2HH].[HH].[HH].[HH].[HH].[HH].[HH].[Na+].[OH-]. The number of rotatable bonds is 15. The van der Waals surface area contributed by atoms with Crippen LogP contribution >= 0.6 is 15.9 Å². The molecule has 0 saturated heterocycles. The maximum Gasteiger partial charge on any atom is 1.00 e. The number of carbonyl (C=O) groups is 4. The van der Waals surface area contributed by atoms with Crippen LogP contribution in [-0.4, -0.2) is 69.6 Å². The minimum Gasteiger partial charge on any atom is -0.870 e. The van der Waals surface area contributed by atoms with E-state index in [1.165, 1.54) is 57.8 Å². The molecule has 5 N–H and O–H groups in total. The molecule has 0 bridgehead atoms. The van der Waals surface area contributed by atoms with Gasteiger partial charge in [0.2, 0.25) is 0 Å². The minimum atomic E-state index is -1.84. The zero-order chi connectivity index (χ0) is 74.9. The normalized spacial score (nSPS) is 9.34. The molecule has 552 valence electrons. The fourth-order valence-electron chi connectivity index (χ4n) is 8.86. The number of benzene rings is 9. The van der Waals surface area contributed by atoms with Crippen LogP contribution in [0.2, 0.25) is 0 Å². The molecule has 9 rings (SSSR count). The number of carboxylic acids is 3. The second-order valence-electron chi connectivity index (χ2n) is 21.4. The third-order valence-corrected chi connectivity index (χ3v) is 14.7. The van der Waals surface area contributed by atoms with E-state index in [2.05, 4.69) is 235 Å². The van der Waals surface area contributed by atoms with E-state index >= 15 is 0 Å². The second kappa shape index (κ2) is 55.6. The van der Waals surface area contributed by atoms with E-state index in [-0.39, 0.29) is 99.0 Å². The second-order valence-corrected chi connectivity index (χ2v) is 21.9. The van der Waals surface area contributed by atoms with Crippen LogP contribution in [0.25, 0.3) is 65.7 Å². The molecule has 0 radical (unpaired) electrons. The van der Waals surface area contributed by atoms with Crippen LogP contribution in [0.3, 0.4) is 0 Å². The van der Waals surface area contributed by atoms with Gasteiger partial charge in [-0.3, -0.25) is 14.4 Å². The number of alkyl halides is 1. The standard InChI is InChI=1S/C21H18O4.C20H18O2.C20H6.C17H13Br.C8H14O4.C2H6O.2CH4.Na.O2.H2O.8H2/c1-21(19(22)23,20(24)25)13-14-7-8-16-9-10-17(12-18(16)11-14)15-5-3-2-4-6-15;1-14(20(21)22)11-15-7-8-17-9-10-18(13-19(17)12-15)16-5-3-2-4-6-16;1-3-5-7-9-11-13-15-17-19-20-18-16-14-12-10-8-6-4-2;18-12-13-6-7-15-8-9-16(11-17(15)10-13)14-4-2-1-3-5-14;1-4-11-7(9)6(3)8(10)12-5-2;1-2-3;;;;1-2;;;;;;;;;/h2-12H,13H2,1H3,(H,22,23)(H,24,25);2-10,12-14H,11H2,1H3,(H,21,22);1-2H3;1-11H,12H2;9H,4-5H2,1-3H3;3H,2H2,1H3;2*1H4;;;1H2;8*1H/q;;;;;;;;+1;;;;;;;;;;/p-2/i;;;;;;;;;;;2*1+1;;;;;;. The molecule has 0 aliphatic carbocycles. The molecule has 0 saturated carbocycles. The summed E-state index contributed by atoms with van der Waals surface area (Å²) in [5.74, 6) is 40.6. The molecule has 106 heavy (non-hydrogen) atoms. The first kappa shape index (κ1) is 96.1. The average Bonchev–Trinajstić information content (AvgIpc) is 0.813. The van der Waals surface area contributed by atoms with Crippen molar-refractivity contribution in [2.24, 2.45) is 11.3 Å². The largest absolute Gasteiger partial charge is 1.00 e. The number of carbonyl (C=O) groups excluding carboxylic acids is 1. The topological polar surface area (TPSA) is 255 Å². The summed E-state index contributed by atoms with van der Waals surface area (Å²) in [4.78, 5) is 58.7. The summed E-state index contributed by atoms with van der Waals surface area (Å²) in [6, 6.07) is 68.2. The third-order valence-electron chi connectivity index (χ3n) is 14.0. The molecule has 16 heteroatoms. The Morgan fingerprint density at radius 3 is 1.07 bits per heavy atom. The molecule has 0 fully saturated rings. The zero-order valence-corrected chi connectivity index (χ0v) is 62.7. The maximum atomic E-state index is 11.4. The van der Waals surface area contributed by atoms with E-state index in [0.717, 1.165) is 38.2 Å². The first-order valence-corrected chi connectivity index (χ1v) is 32.8. The predicted molar refractivity (Wildman–Crippen MR) is 442 cm³/mol. The van der Waals surface area contributed by atoms with Crippen LogP contribution in [0.15, 0.2) is 212 Å². The predicted octanol–water partition coefficient (Wildman–Crippen LogP) is 15.8. The number of esters is 1. The van der Waals surface area contributed by atoms with Crippen molar-refractivity contribution < 1.29 is 101 Å². The van der Waals surface area contributed by atoms with E-state index in [1.54, 1.807) is 47.6 Å². The van der Waals surface area contributed by atoms with Gasteiger partial charge in [-0.25, -0.2) is 4.79 Å². The molecular weight excluding hydrogens is 1410 g/mol. The van der Waals surface area contributed by atoms with Gasteiger partial charge in [0.1, 0.15) is 0 Å². The number of hydrogen-bond acceptors (Lipinski definition) is 11. The van der Waals surface area contributed by atoms with Crippen LogP contribution in [0, 0.1) is 128 Å². The molecule has 1 atom stereocenters. The number of aliphatic hydroxyl groups is 1. The minimum absolute atomic E-state index is 0. The maximum absolute atomic E-state index is 11.4. The Balaban J connectivity index is -0.000000144. The van der Waals surface area contributed by atoms with E-state index < -0.39 is 35.2 Å². The number of carboxylic acid groups (broad SMARTS) is 3. The Bertz CT molecular complexity index is 4910. The molecule has 14 nitrogen and oxygen atoms in total. The summed E-state index contributed by atoms with van der Waals surface area (Å²) in [6.07, 6.45) is 0.490. The zero-order valence-electron chi connectivity index (χ0n) is 59.2. The van der Waals surface area contributed by atoms with Crippen molar-refractivity contribution in [3.05, 3.63) is 238 Å². The molecule has 9 aromatic carbocycles. The van der Waals surface area contributed by atoms with Crippen LogP contribution in [0.1, 0.15) is 98.3 Å². The quantitative estimate of drug-likeness (QED) is 0.0142. The van der Waals surface area contributed by atoms with Gasteiger partial charge >= 0.3 is 53.4 Å². The van der Waals surface area contributed by atoms with E-state index in [0.29, 0.717) is 12.0 Å². The molecule has 0 aliphatic rings. The number of aliphatic carboxylic acids is 3. The molecule has 0 spiro atoms. The van der Waals surface area contributed by atoms with Gasteiger partial charge in [-0.2, -0.15) is 0 Å². The summed E-state index contributed by atoms with van der Waals surface area (Å²) in [5, 5.41) is 53.9. The van der Waals surface area contributed by atoms with Gasteiger partial charge < -0.3 is 40.5 Å². The van der Waals surface area contributed by atoms with Gasteiger partial charge in [0.25, 0.3) is 0 Å². The number of aliphatic hydroxyl groups excluding tert-OH is 1. The van der Waals surface area contributed by atoms with Gasteiger partial charge in [0.05, 0.1) is 24.0 Å². The molecule has 9 aromatic rings. The summed E-state index contributed by atoms with van der Waals surface area (Å²) in [5.41, 5.74) is 8.26. The number of fused-ring (bicyclic) bond motifs is 3. The van der Waals surface area contributed by atoms with Crippen LogP contribution in [0.5, 0.6) is 0 Å². The van der Waals surface area contributed by atoms with Crippen LogP contribution in [-0.2, 0) is 46.8 Å². The van der Waals surface area contributed by atoms with Crippen molar-refractivity contribution in [1.82, 2.24) is 0 Å². The van der Waals surface area contributed by atoms with Crippen LogP contribution in [0.4, 0.5) is 0 Å². The van der Waals surface area contributed by atoms with Crippen molar-refractivity contribution in [3.63, 3.8) is 0 Å². The fourth-order valence-corrected chi connectivity index (χ4v) is 9.20. The smallest absolute Gasteiger partial charge is 0.870 e. The Hall–Kier alpha value is -12.0. The Kier molecular flexibility index (Phi) is 50.4. The first-order valence-electron chi connectivity index (χ1n) is 31.6. The summed E-state index contributed by atoms with van der Waals surface area (Å²) >= 11 is 3.51. The third kappa shape index (κ3) is 34.8. The molecule has 0 heterocycles. The Labute approximate surface area is 666 Å². The van der Waals surface area contributed by atoms with E-state index in [9.17, 15) is 34.5 Å². The van der Waals surface area contributed by atoms with Crippen molar-refractivity contribution in [2.75, 3.05) is 19.8 Å². The molecule has 0 amide bonds. The van der Waals surface area contributed by atoms with Gasteiger partial charge in [0.15, 0.2) is 5.41 Å². The van der Waals surface area contributed by atoms with Crippen molar-refractivity contribution in [2.45, 2.75) is 88.4 Å². The van der Waals surface area contributed by atoms with E-state index in [1.807, 2.05) is 91.0 Å². The molecule has 0 aromatic heterocycles. The molecular formula is C90H99BrNaO14-. The van der Waals surface area contributed by atoms with Crippen molar-refractivity contribution in [1.29, 1.82) is 0 Å². The first-order chi connectivity index (χ1) is 49.4. The monoisotopic (exact) mass is 1510 g/mol. The summed E-state index contributed by atoms with van der Waals surface area (Å²) < 4.78 is 9.19. The number of hydrogen-bond donors (Lipinski definition) is 4. The molecule has 0 aliphatic heterocycles. The van der Waals surface area contributed by atoms with Gasteiger partial charge in [-0.15, -0.1) is 0 Å². The van der Waals surface area contributed by atoms with Gasteiger partial charge in [-0.05, 0) is 256 Å². The number of halogens is 1. The van der Waals surface area contributed by atoms with E-state index in [4.69, 9.17) is 20.1 Å². The van der Waals surface area contributed by atoms with Crippen molar-refractivity contribution in [3.8, 4) is 140 Å². The van der Waals surface area contributed by atoms with Gasteiger partial charge in [-0.1, -0.05) is 238 Å². The summed E-state index contributed by atoms with van der Waals surface area (Å²) in [7, 11) is 0. The van der Waals surface area contributed by atoms with Crippen molar-refractivity contribution >= 4 is 72.1 Å². The Morgan fingerprint density at radius 1 is 0.472 bits per heavy atom. The Morgan fingerprint density at radius 2 is 0.764 bits per heavy atom. The molecule has 1 unspecified atom stereocenters. The number of ether oxygens (including phenoxy) is 2. The average molecular weight is 1510 g/mol. The summed E-state index contributed by atoms with van der Waals surface area (Å²) in [6.45, 7) is 13.6. The fraction of sp³-hybridized carbons (Fsp3) is 0.200.